The minimum Gasteiger partial charge on any atom is -0.310 e. The molecule has 0 aliphatic heterocycles. The predicted molar refractivity (Wildman–Crippen MR) is 76.4 cm³/mol. The van der Waals surface area contributed by atoms with Gasteiger partial charge in [0.15, 0.2) is 0 Å². The molecule has 0 radical (unpaired) electrons. The highest BCUT2D eigenvalue weighted by Gasteiger charge is 2.08. The summed E-state index contributed by atoms with van der Waals surface area (Å²) in [5, 5.41) is 3.56. The van der Waals surface area contributed by atoms with Gasteiger partial charge in [-0.2, -0.15) is 0 Å². The first-order chi connectivity index (χ1) is 8.19. The second kappa shape index (κ2) is 7.29. The van der Waals surface area contributed by atoms with Crippen molar-refractivity contribution < 1.29 is 0 Å². The summed E-state index contributed by atoms with van der Waals surface area (Å²) >= 11 is 0. The molecule has 1 nitrogen and oxygen atoms in total. The van der Waals surface area contributed by atoms with E-state index in [9.17, 15) is 0 Å². The van der Waals surface area contributed by atoms with Crippen molar-refractivity contribution in [3.05, 3.63) is 48.0 Å². The van der Waals surface area contributed by atoms with Crippen LogP contribution in [0.4, 0.5) is 0 Å². The van der Waals surface area contributed by atoms with E-state index >= 15 is 0 Å². The molecule has 1 aromatic carbocycles. The maximum absolute atomic E-state index is 3.84. The zero-order chi connectivity index (χ0) is 12.7. The molecule has 1 heteroatoms. The number of benzene rings is 1. The van der Waals surface area contributed by atoms with Gasteiger partial charge in [-0.25, -0.2) is 0 Å². The van der Waals surface area contributed by atoms with Crippen LogP contribution in [0.5, 0.6) is 0 Å². The van der Waals surface area contributed by atoms with Gasteiger partial charge in [0.25, 0.3) is 0 Å². The van der Waals surface area contributed by atoms with Crippen molar-refractivity contribution in [1.82, 2.24) is 5.32 Å². The molecule has 1 aromatic rings. The summed E-state index contributed by atoms with van der Waals surface area (Å²) in [7, 11) is 0. The van der Waals surface area contributed by atoms with Gasteiger partial charge in [-0.15, -0.1) is 6.58 Å². The van der Waals surface area contributed by atoms with Gasteiger partial charge < -0.3 is 5.32 Å². The third-order valence-corrected chi connectivity index (χ3v) is 3.05. The van der Waals surface area contributed by atoms with Gasteiger partial charge in [0.05, 0.1) is 0 Å². The van der Waals surface area contributed by atoms with Gasteiger partial charge >= 0.3 is 0 Å². The van der Waals surface area contributed by atoms with Gasteiger partial charge in [-0.3, -0.25) is 0 Å². The molecule has 0 saturated heterocycles. The first-order valence-electron chi connectivity index (χ1n) is 6.63. The number of hydrogen-bond donors (Lipinski definition) is 1. The monoisotopic (exact) mass is 231 g/mol. The van der Waals surface area contributed by atoms with Gasteiger partial charge in [0.1, 0.15) is 0 Å². The topological polar surface area (TPSA) is 12.0 Å². The Morgan fingerprint density at radius 2 is 1.76 bits per heavy atom. The van der Waals surface area contributed by atoms with E-state index in [4.69, 9.17) is 0 Å². The summed E-state index contributed by atoms with van der Waals surface area (Å²) in [5.41, 5.74) is 2.77. The lowest BCUT2D eigenvalue weighted by Crippen LogP contribution is -2.21. The SMILES string of the molecule is C=CCC(NCCC)c1ccc(C(C)C)cc1. The molecule has 0 saturated carbocycles. The van der Waals surface area contributed by atoms with Crippen LogP contribution in [0.3, 0.4) is 0 Å². The Morgan fingerprint density at radius 1 is 1.18 bits per heavy atom. The molecule has 17 heavy (non-hydrogen) atoms. The number of rotatable bonds is 7. The molecule has 0 heterocycles. The fraction of sp³-hybridized carbons (Fsp3) is 0.500. The summed E-state index contributed by atoms with van der Waals surface area (Å²) in [6.07, 6.45) is 4.14. The van der Waals surface area contributed by atoms with E-state index in [0.717, 1.165) is 19.4 Å². The van der Waals surface area contributed by atoms with E-state index in [2.05, 4.69) is 56.9 Å². The summed E-state index contributed by atoms with van der Waals surface area (Å²) in [6, 6.07) is 9.37. The zero-order valence-corrected chi connectivity index (χ0v) is 11.4. The highest BCUT2D eigenvalue weighted by molar-refractivity contribution is 5.27. The van der Waals surface area contributed by atoms with E-state index in [1.807, 2.05) is 6.08 Å². The molecule has 0 aromatic heterocycles. The lowest BCUT2D eigenvalue weighted by atomic mass is 9.97. The number of nitrogens with one attached hydrogen (secondary N) is 1. The Hall–Kier alpha value is -1.08. The Bertz CT molecular complexity index is 324. The summed E-state index contributed by atoms with van der Waals surface area (Å²) in [4.78, 5) is 0. The molecule has 0 fully saturated rings. The Balaban J connectivity index is 2.75. The maximum Gasteiger partial charge on any atom is 0.0354 e. The largest absolute Gasteiger partial charge is 0.310 e. The minimum absolute atomic E-state index is 0.411. The minimum atomic E-state index is 0.411. The van der Waals surface area contributed by atoms with Gasteiger partial charge in [-0.05, 0) is 36.4 Å². The van der Waals surface area contributed by atoms with Crippen LogP contribution in [-0.4, -0.2) is 6.54 Å². The predicted octanol–water partition coefficient (Wildman–Crippen LogP) is 4.43. The van der Waals surface area contributed by atoms with Gasteiger partial charge in [0.2, 0.25) is 0 Å². The lowest BCUT2D eigenvalue weighted by molar-refractivity contribution is 0.537. The van der Waals surface area contributed by atoms with E-state index in [0.29, 0.717) is 12.0 Å². The molecule has 1 unspecified atom stereocenters. The summed E-state index contributed by atoms with van der Waals surface area (Å²) in [6.45, 7) is 11.5. The molecule has 0 aliphatic rings. The molecule has 0 spiro atoms. The first kappa shape index (κ1) is 14.0. The van der Waals surface area contributed by atoms with Crippen LogP contribution in [0.25, 0.3) is 0 Å². The van der Waals surface area contributed by atoms with E-state index in [1.54, 1.807) is 0 Å². The Kier molecular flexibility index (Phi) is 5.99. The normalized spacial score (nSPS) is 12.7. The standard InChI is InChI=1S/C16H25N/c1-5-7-16(17-12-6-2)15-10-8-14(9-11-15)13(3)4/h5,8-11,13,16-17H,1,6-7,12H2,2-4H3. The molecule has 1 rings (SSSR count). The van der Waals surface area contributed by atoms with Crippen molar-refractivity contribution in [1.29, 1.82) is 0 Å². The average molecular weight is 231 g/mol. The van der Waals surface area contributed by atoms with Crippen LogP contribution in [-0.2, 0) is 0 Å². The average Bonchev–Trinajstić information content (AvgIpc) is 2.34. The van der Waals surface area contributed by atoms with Crippen molar-refractivity contribution in [3.63, 3.8) is 0 Å². The molecular formula is C16H25N. The van der Waals surface area contributed by atoms with E-state index in [1.165, 1.54) is 11.1 Å². The van der Waals surface area contributed by atoms with Crippen LogP contribution in [0.15, 0.2) is 36.9 Å². The second-order valence-corrected chi connectivity index (χ2v) is 4.85. The van der Waals surface area contributed by atoms with Crippen LogP contribution in [0.2, 0.25) is 0 Å². The third kappa shape index (κ3) is 4.35. The van der Waals surface area contributed by atoms with E-state index in [-0.39, 0.29) is 0 Å². The van der Waals surface area contributed by atoms with Crippen LogP contribution in [0, 0.1) is 0 Å². The quantitative estimate of drug-likeness (QED) is 0.685. The van der Waals surface area contributed by atoms with Crippen molar-refractivity contribution >= 4 is 0 Å². The number of hydrogen-bond acceptors (Lipinski definition) is 1. The highest BCUT2D eigenvalue weighted by Crippen LogP contribution is 2.21. The Morgan fingerprint density at radius 3 is 2.24 bits per heavy atom. The smallest absolute Gasteiger partial charge is 0.0354 e. The van der Waals surface area contributed by atoms with E-state index < -0.39 is 0 Å². The molecular weight excluding hydrogens is 206 g/mol. The Labute approximate surface area is 106 Å². The molecule has 0 aliphatic carbocycles. The second-order valence-electron chi connectivity index (χ2n) is 4.85. The van der Waals surface area contributed by atoms with Gasteiger partial charge in [-0.1, -0.05) is 51.1 Å². The van der Waals surface area contributed by atoms with Crippen molar-refractivity contribution in [2.45, 2.75) is 45.6 Å². The van der Waals surface area contributed by atoms with Crippen LogP contribution < -0.4 is 5.32 Å². The molecule has 0 amide bonds. The summed E-state index contributed by atoms with van der Waals surface area (Å²) < 4.78 is 0. The zero-order valence-electron chi connectivity index (χ0n) is 11.4. The first-order valence-corrected chi connectivity index (χ1v) is 6.63. The maximum atomic E-state index is 3.84. The molecule has 94 valence electrons. The fourth-order valence-electron chi connectivity index (χ4n) is 1.94. The van der Waals surface area contributed by atoms with Gasteiger partial charge in [0, 0.05) is 6.04 Å². The fourth-order valence-corrected chi connectivity index (χ4v) is 1.94. The lowest BCUT2D eigenvalue weighted by Gasteiger charge is -2.18. The molecule has 1 N–H and O–H groups in total. The van der Waals surface area contributed by atoms with Crippen LogP contribution in [0.1, 0.15) is 56.7 Å². The molecule has 1 atom stereocenters. The third-order valence-electron chi connectivity index (χ3n) is 3.05. The van der Waals surface area contributed by atoms with Crippen molar-refractivity contribution in [2.24, 2.45) is 0 Å². The molecule has 0 bridgehead atoms. The van der Waals surface area contributed by atoms with Crippen molar-refractivity contribution in [3.8, 4) is 0 Å². The van der Waals surface area contributed by atoms with Crippen molar-refractivity contribution in [2.75, 3.05) is 6.54 Å². The highest BCUT2D eigenvalue weighted by atomic mass is 14.9. The summed E-state index contributed by atoms with van der Waals surface area (Å²) in [5.74, 6) is 0.602. The van der Waals surface area contributed by atoms with Crippen LogP contribution >= 0.6 is 0 Å².